The summed E-state index contributed by atoms with van der Waals surface area (Å²) in [6.07, 6.45) is 5.08. The molecule has 1 aromatic rings. The van der Waals surface area contributed by atoms with E-state index in [1.807, 2.05) is 30.3 Å². The summed E-state index contributed by atoms with van der Waals surface area (Å²) in [5.74, 6) is -0.650. The van der Waals surface area contributed by atoms with Gasteiger partial charge in [0.2, 0.25) is 11.8 Å². The van der Waals surface area contributed by atoms with E-state index in [4.69, 9.17) is 0 Å². The van der Waals surface area contributed by atoms with Crippen LogP contribution in [0.1, 0.15) is 32.1 Å². The Balaban J connectivity index is 1.64. The molecule has 0 radical (unpaired) electrons. The van der Waals surface area contributed by atoms with Gasteiger partial charge in [0.1, 0.15) is 5.92 Å². The van der Waals surface area contributed by atoms with Crippen LogP contribution in [0.5, 0.6) is 0 Å². The van der Waals surface area contributed by atoms with Gasteiger partial charge in [-0.15, -0.1) is 0 Å². The molecule has 1 N–H and O–H groups in total. The summed E-state index contributed by atoms with van der Waals surface area (Å²) in [6, 6.07) is 9.85. The number of carbonyl (C=O) groups excluding carboxylic acids is 2. The summed E-state index contributed by atoms with van der Waals surface area (Å²) in [6.45, 7) is 0.631. The summed E-state index contributed by atoms with van der Waals surface area (Å²) in [4.78, 5) is 26.3. The first-order chi connectivity index (χ1) is 9.75. The molecule has 2 fully saturated rings. The molecule has 1 aliphatic carbocycles. The summed E-state index contributed by atoms with van der Waals surface area (Å²) in [7, 11) is 0. The lowest BCUT2D eigenvalue weighted by Crippen LogP contribution is -2.40. The fourth-order valence-electron chi connectivity index (χ4n) is 3.16. The SMILES string of the molecule is O=C(NC1CCCC1)C1CCN(c2ccccc2)C1=O. The van der Waals surface area contributed by atoms with Gasteiger partial charge in [0.25, 0.3) is 0 Å². The third kappa shape index (κ3) is 2.55. The zero-order valence-electron chi connectivity index (χ0n) is 11.5. The highest BCUT2D eigenvalue weighted by atomic mass is 16.2. The number of anilines is 1. The van der Waals surface area contributed by atoms with Gasteiger partial charge in [0.15, 0.2) is 0 Å². The van der Waals surface area contributed by atoms with E-state index in [0.717, 1.165) is 18.5 Å². The van der Waals surface area contributed by atoms with E-state index in [9.17, 15) is 9.59 Å². The molecule has 1 saturated carbocycles. The Hall–Kier alpha value is -1.84. The Labute approximate surface area is 119 Å². The molecule has 1 aromatic carbocycles. The summed E-state index contributed by atoms with van der Waals surface area (Å²) in [5.41, 5.74) is 0.883. The molecule has 3 rings (SSSR count). The van der Waals surface area contributed by atoms with E-state index < -0.39 is 5.92 Å². The molecule has 4 nitrogen and oxygen atoms in total. The Morgan fingerprint density at radius 1 is 1.10 bits per heavy atom. The van der Waals surface area contributed by atoms with E-state index in [2.05, 4.69) is 5.32 Å². The second-order valence-electron chi connectivity index (χ2n) is 5.66. The predicted molar refractivity (Wildman–Crippen MR) is 77.3 cm³/mol. The van der Waals surface area contributed by atoms with Crippen molar-refractivity contribution in [2.45, 2.75) is 38.1 Å². The maximum Gasteiger partial charge on any atom is 0.239 e. The molecule has 1 heterocycles. The topological polar surface area (TPSA) is 49.4 Å². The van der Waals surface area contributed by atoms with Crippen LogP contribution < -0.4 is 10.2 Å². The molecule has 2 aliphatic rings. The highest BCUT2D eigenvalue weighted by Gasteiger charge is 2.38. The van der Waals surface area contributed by atoms with E-state index >= 15 is 0 Å². The number of hydrogen-bond donors (Lipinski definition) is 1. The van der Waals surface area contributed by atoms with Crippen molar-refractivity contribution in [3.8, 4) is 0 Å². The van der Waals surface area contributed by atoms with Crippen molar-refractivity contribution in [3.63, 3.8) is 0 Å². The second kappa shape index (κ2) is 5.65. The zero-order valence-corrected chi connectivity index (χ0v) is 11.5. The molecular weight excluding hydrogens is 252 g/mol. The molecule has 0 spiro atoms. The third-order valence-electron chi connectivity index (χ3n) is 4.29. The van der Waals surface area contributed by atoms with Crippen LogP contribution in [0.2, 0.25) is 0 Å². The molecule has 0 bridgehead atoms. The van der Waals surface area contributed by atoms with Crippen LogP contribution in [-0.4, -0.2) is 24.4 Å². The first kappa shape index (κ1) is 13.2. The standard InChI is InChI=1S/C16H20N2O2/c19-15(17-12-6-4-5-7-12)14-10-11-18(16(14)20)13-8-2-1-3-9-13/h1-3,8-9,12,14H,4-7,10-11H2,(H,17,19). The van der Waals surface area contributed by atoms with Crippen LogP contribution in [0, 0.1) is 5.92 Å². The number of carbonyl (C=O) groups is 2. The Morgan fingerprint density at radius 2 is 1.80 bits per heavy atom. The summed E-state index contributed by atoms with van der Waals surface area (Å²) < 4.78 is 0. The highest BCUT2D eigenvalue weighted by Crippen LogP contribution is 2.26. The van der Waals surface area contributed by atoms with Gasteiger partial charge in [-0.25, -0.2) is 0 Å². The van der Waals surface area contributed by atoms with Gasteiger partial charge >= 0.3 is 0 Å². The van der Waals surface area contributed by atoms with Crippen molar-refractivity contribution in [2.75, 3.05) is 11.4 Å². The van der Waals surface area contributed by atoms with E-state index in [1.165, 1.54) is 12.8 Å². The van der Waals surface area contributed by atoms with Gasteiger partial charge in [-0.1, -0.05) is 31.0 Å². The minimum absolute atomic E-state index is 0.0632. The van der Waals surface area contributed by atoms with Gasteiger partial charge in [0.05, 0.1) is 0 Å². The highest BCUT2D eigenvalue weighted by molar-refractivity contribution is 6.09. The van der Waals surface area contributed by atoms with E-state index in [1.54, 1.807) is 4.90 Å². The van der Waals surface area contributed by atoms with Crippen LogP contribution in [0.15, 0.2) is 30.3 Å². The van der Waals surface area contributed by atoms with Gasteiger partial charge < -0.3 is 10.2 Å². The quantitative estimate of drug-likeness (QED) is 0.857. The Bertz CT molecular complexity index is 494. The number of benzene rings is 1. The minimum atomic E-state index is -0.504. The molecule has 1 aliphatic heterocycles. The number of amides is 2. The van der Waals surface area contributed by atoms with Crippen molar-refractivity contribution in [1.82, 2.24) is 5.32 Å². The molecular formula is C16H20N2O2. The Morgan fingerprint density at radius 3 is 2.50 bits per heavy atom. The number of nitrogens with zero attached hydrogens (tertiary/aromatic N) is 1. The molecule has 1 unspecified atom stereocenters. The van der Waals surface area contributed by atoms with Crippen LogP contribution >= 0.6 is 0 Å². The van der Waals surface area contributed by atoms with Crippen LogP contribution in [0.4, 0.5) is 5.69 Å². The molecule has 2 amide bonds. The van der Waals surface area contributed by atoms with Crippen LogP contribution in [0.25, 0.3) is 0 Å². The molecule has 106 valence electrons. The van der Waals surface area contributed by atoms with Crippen molar-refractivity contribution >= 4 is 17.5 Å². The lowest BCUT2D eigenvalue weighted by Gasteiger charge is -2.18. The average Bonchev–Trinajstić information content (AvgIpc) is 3.09. The van der Waals surface area contributed by atoms with Crippen molar-refractivity contribution in [3.05, 3.63) is 30.3 Å². The van der Waals surface area contributed by atoms with Gasteiger partial charge in [-0.3, -0.25) is 9.59 Å². The lowest BCUT2D eigenvalue weighted by atomic mass is 10.1. The maximum absolute atomic E-state index is 12.4. The number of hydrogen-bond acceptors (Lipinski definition) is 2. The first-order valence-corrected chi connectivity index (χ1v) is 7.42. The number of nitrogens with one attached hydrogen (secondary N) is 1. The maximum atomic E-state index is 12.4. The fourth-order valence-corrected chi connectivity index (χ4v) is 3.16. The summed E-state index contributed by atoms with van der Waals surface area (Å²) >= 11 is 0. The predicted octanol–water partition coefficient (Wildman–Crippen LogP) is 2.10. The van der Waals surface area contributed by atoms with Crippen molar-refractivity contribution < 1.29 is 9.59 Å². The number of rotatable bonds is 3. The average molecular weight is 272 g/mol. The second-order valence-corrected chi connectivity index (χ2v) is 5.66. The molecule has 1 atom stereocenters. The number of para-hydroxylation sites is 1. The molecule has 1 saturated heterocycles. The van der Waals surface area contributed by atoms with E-state index in [0.29, 0.717) is 13.0 Å². The van der Waals surface area contributed by atoms with Crippen LogP contribution in [0.3, 0.4) is 0 Å². The van der Waals surface area contributed by atoms with Crippen LogP contribution in [-0.2, 0) is 9.59 Å². The molecule has 20 heavy (non-hydrogen) atoms. The van der Waals surface area contributed by atoms with Gasteiger partial charge in [-0.05, 0) is 31.4 Å². The summed E-state index contributed by atoms with van der Waals surface area (Å²) in [5, 5.41) is 3.04. The zero-order chi connectivity index (χ0) is 13.9. The third-order valence-corrected chi connectivity index (χ3v) is 4.29. The first-order valence-electron chi connectivity index (χ1n) is 7.42. The van der Waals surface area contributed by atoms with Crippen molar-refractivity contribution in [1.29, 1.82) is 0 Å². The largest absolute Gasteiger partial charge is 0.353 e. The molecule has 0 aromatic heterocycles. The smallest absolute Gasteiger partial charge is 0.239 e. The van der Waals surface area contributed by atoms with Gasteiger partial charge in [-0.2, -0.15) is 0 Å². The van der Waals surface area contributed by atoms with E-state index in [-0.39, 0.29) is 17.9 Å². The van der Waals surface area contributed by atoms with Gasteiger partial charge in [0, 0.05) is 18.3 Å². The lowest BCUT2D eigenvalue weighted by molar-refractivity contribution is -0.132. The Kier molecular flexibility index (Phi) is 3.72. The van der Waals surface area contributed by atoms with Crippen molar-refractivity contribution in [2.24, 2.45) is 5.92 Å². The monoisotopic (exact) mass is 272 g/mol. The minimum Gasteiger partial charge on any atom is -0.353 e. The fraction of sp³-hybridized carbons (Fsp3) is 0.500. The normalized spacial score (nSPS) is 23.3. The molecule has 4 heteroatoms.